The minimum atomic E-state index is -0.921. The van der Waals surface area contributed by atoms with Crippen LogP contribution in [-0.2, 0) is 4.79 Å². The zero-order valence-electron chi connectivity index (χ0n) is 13.1. The van der Waals surface area contributed by atoms with E-state index in [1.54, 1.807) is 0 Å². The Bertz CT molecular complexity index is 267. The predicted molar refractivity (Wildman–Crippen MR) is 84.4 cm³/mol. The average molecular weight is 279 g/mol. The van der Waals surface area contributed by atoms with E-state index in [9.17, 15) is 9.90 Å². The van der Waals surface area contributed by atoms with Gasteiger partial charge in [-0.05, 0) is 44.9 Å². The van der Waals surface area contributed by atoms with Crippen LogP contribution in [0.2, 0.25) is 0 Å². The second-order valence-electron chi connectivity index (χ2n) is 5.35. The Morgan fingerprint density at radius 2 is 1.35 bits per heavy atom. The molecule has 0 amide bonds. The number of carboxylic acid groups (broad SMARTS) is 1. The number of hydrogen-bond donors (Lipinski definition) is 0. The molecule has 0 heterocycles. The molecule has 0 aromatic carbocycles. The Labute approximate surface area is 125 Å². The summed E-state index contributed by atoms with van der Waals surface area (Å²) in [4.78, 5) is 10.2. The van der Waals surface area contributed by atoms with Gasteiger partial charge in [0.15, 0.2) is 0 Å². The molecular formula is C18H31O2-. The molecule has 0 bridgehead atoms. The Hall–Kier alpha value is -1.05. The van der Waals surface area contributed by atoms with Crippen molar-refractivity contribution < 1.29 is 9.90 Å². The van der Waals surface area contributed by atoms with Gasteiger partial charge in [-0.15, -0.1) is 0 Å². The summed E-state index contributed by atoms with van der Waals surface area (Å²) in [7, 11) is 0. The number of carbonyl (C=O) groups excluding carboxylic acids is 1. The normalized spacial score (nSPS) is 11.7. The Balaban J connectivity index is 3.17. The largest absolute Gasteiger partial charge is 0.550 e. The van der Waals surface area contributed by atoms with Crippen LogP contribution in [0.15, 0.2) is 24.3 Å². The van der Waals surface area contributed by atoms with Gasteiger partial charge in [-0.3, -0.25) is 0 Å². The minimum Gasteiger partial charge on any atom is -0.550 e. The number of allylic oxidation sites excluding steroid dienone is 4. The van der Waals surface area contributed by atoms with E-state index in [0.717, 1.165) is 32.1 Å². The highest BCUT2D eigenvalue weighted by atomic mass is 16.4. The van der Waals surface area contributed by atoms with Crippen LogP contribution in [0.5, 0.6) is 0 Å². The van der Waals surface area contributed by atoms with Crippen LogP contribution in [0.25, 0.3) is 0 Å². The highest BCUT2D eigenvalue weighted by Crippen LogP contribution is 2.07. The van der Waals surface area contributed by atoms with Gasteiger partial charge < -0.3 is 9.90 Å². The third-order valence-electron chi connectivity index (χ3n) is 3.33. The van der Waals surface area contributed by atoms with Crippen LogP contribution < -0.4 is 5.11 Å². The summed E-state index contributed by atoms with van der Waals surface area (Å²) in [5, 5.41) is 10.2. The SMILES string of the molecule is CCCCCC=CCC=CCCCCCCCC(=O)[O-]. The molecular weight excluding hydrogens is 248 g/mol. The number of aliphatic carboxylic acids is 1. The van der Waals surface area contributed by atoms with Crippen molar-refractivity contribution in [2.24, 2.45) is 0 Å². The summed E-state index contributed by atoms with van der Waals surface area (Å²) < 4.78 is 0. The molecule has 20 heavy (non-hydrogen) atoms. The van der Waals surface area contributed by atoms with Crippen LogP contribution in [0, 0.1) is 0 Å². The van der Waals surface area contributed by atoms with Gasteiger partial charge in [-0.2, -0.15) is 0 Å². The molecule has 0 aromatic rings. The topological polar surface area (TPSA) is 40.1 Å². The van der Waals surface area contributed by atoms with Gasteiger partial charge >= 0.3 is 0 Å². The molecule has 0 rings (SSSR count). The molecule has 0 aliphatic heterocycles. The first-order chi connectivity index (χ1) is 9.77. The smallest absolute Gasteiger partial charge is 0.0414 e. The molecule has 0 saturated heterocycles. The molecule has 0 atom stereocenters. The van der Waals surface area contributed by atoms with Crippen molar-refractivity contribution >= 4 is 5.97 Å². The van der Waals surface area contributed by atoms with Gasteiger partial charge in [-0.25, -0.2) is 0 Å². The number of unbranched alkanes of at least 4 members (excludes halogenated alkanes) is 8. The maximum atomic E-state index is 10.2. The third-order valence-corrected chi connectivity index (χ3v) is 3.33. The first-order valence-corrected chi connectivity index (χ1v) is 8.27. The Morgan fingerprint density at radius 3 is 1.95 bits per heavy atom. The molecule has 0 unspecified atom stereocenters. The van der Waals surface area contributed by atoms with E-state index >= 15 is 0 Å². The van der Waals surface area contributed by atoms with E-state index < -0.39 is 5.97 Å². The first-order valence-electron chi connectivity index (χ1n) is 8.27. The van der Waals surface area contributed by atoms with E-state index in [1.165, 1.54) is 38.5 Å². The molecule has 2 heteroatoms. The van der Waals surface area contributed by atoms with Crippen LogP contribution in [0.3, 0.4) is 0 Å². The van der Waals surface area contributed by atoms with E-state index in [-0.39, 0.29) is 6.42 Å². The lowest BCUT2D eigenvalue weighted by Crippen LogP contribution is -2.21. The lowest BCUT2D eigenvalue weighted by atomic mass is 10.1. The number of carbonyl (C=O) groups is 1. The van der Waals surface area contributed by atoms with Crippen molar-refractivity contribution in [3.63, 3.8) is 0 Å². The average Bonchev–Trinajstić information content (AvgIpc) is 2.43. The lowest BCUT2D eigenvalue weighted by molar-refractivity contribution is -0.305. The summed E-state index contributed by atoms with van der Waals surface area (Å²) in [6, 6.07) is 0. The van der Waals surface area contributed by atoms with Crippen molar-refractivity contribution in [2.45, 2.75) is 84.0 Å². The molecule has 0 radical (unpaired) electrons. The molecule has 2 nitrogen and oxygen atoms in total. The maximum absolute atomic E-state index is 10.2. The quantitative estimate of drug-likeness (QED) is 0.346. The van der Waals surface area contributed by atoms with Gasteiger partial charge in [0.2, 0.25) is 0 Å². The third kappa shape index (κ3) is 16.9. The fraction of sp³-hybridized carbons (Fsp3) is 0.722. The van der Waals surface area contributed by atoms with Crippen LogP contribution in [-0.4, -0.2) is 5.97 Å². The molecule has 0 N–H and O–H groups in total. The van der Waals surface area contributed by atoms with E-state index in [1.807, 2.05) is 0 Å². The molecule has 0 fully saturated rings. The maximum Gasteiger partial charge on any atom is 0.0414 e. The second kappa shape index (κ2) is 16.0. The Morgan fingerprint density at radius 1 is 0.800 bits per heavy atom. The number of rotatable bonds is 14. The highest BCUT2D eigenvalue weighted by molar-refractivity contribution is 5.63. The number of carboxylic acids is 1. The van der Waals surface area contributed by atoms with Crippen molar-refractivity contribution in [2.75, 3.05) is 0 Å². The highest BCUT2D eigenvalue weighted by Gasteiger charge is 1.90. The fourth-order valence-electron chi connectivity index (χ4n) is 2.08. The van der Waals surface area contributed by atoms with Crippen LogP contribution in [0.1, 0.15) is 84.0 Å². The van der Waals surface area contributed by atoms with Crippen LogP contribution >= 0.6 is 0 Å². The van der Waals surface area contributed by atoms with E-state index in [0.29, 0.717) is 0 Å². The van der Waals surface area contributed by atoms with Crippen molar-refractivity contribution in [1.82, 2.24) is 0 Å². The predicted octanol–water partition coefficient (Wildman–Crippen LogP) is 4.55. The number of hydrogen-bond acceptors (Lipinski definition) is 2. The van der Waals surface area contributed by atoms with E-state index in [2.05, 4.69) is 31.2 Å². The summed E-state index contributed by atoms with van der Waals surface area (Å²) in [6.45, 7) is 2.23. The van der Waals surface area contributed by atoms with Gasteiger partial charge in [0.05, 0.1) is 0 Å². The fourth-order valence-corrected chi connectivity index (χ4v) is 2.08. The zero-order valence-corrected chi connectivity index (χ0v) is 13.1. The molecule has 116 valence electrons. The zero-order chi connectivity index (χ0) is 14.9. The molecule has 0 aliphatic rings. The van der Waals surface area contributed by atoms with Gasteiger partial charge in [-0.1, -0.05) is 63.3 Å². The van der Waals surface area contributed by atoms with Gasteiger partial charge in [0, 0.05) is 5.97 Å². The monoisotopic (exact) mass is 279 g/mol. The molecule has 0 aromatic heterocycles. The minimum absolute atomic E-state index is 0.213. The van der Waals surface area contributed by atoms with Crippen molar-refractivity contribution in [1.29, 1.82) is 0 Å². The van der Waals surface area contributed by atoms with Crippen molar-refractivity contribution in [3.05, 3.63) is 24.3 Å². The second-order valence-corrected chi connectivity index (χ2v) is 5.35. The van der Waals surface area contributed by atoms with Gasteiger partial charge in [0.25, 0.3) is 0 Å². The molecule has 0 spiro atoms. The first kappa shape index (κ1) is 18.9. The van der Waals surface area contributed by atoms with Crippen molar-refractivity contribution in [3.8, 4) is 0 Å². The summed E-state index contributed by atoms with van der Waals surface area (Å²) in [6.07, 6.45) is 21.9. The molecule has 0 aliphatic carbocycles. The van der Waals surface area contributed by atoms with Crippen LogP contribution in [0.4, 0.5) is 0 Å². The van der Waals surface area contributed by atoms with E-state index in [4.69, 9.17) is 0 Å². The lowest BCUT2D eigenvalue weighted by Gasteiger charge is -2.01. The van der Waals surface area contributed by atoms with Gasteiger partial charge in [0.1, 0.15) is 0 Å². The Kier molecular flexibility index (Phi) is 15.2. The standard InChI is InChI=1S/C18H32O2/c1-2-3-4-5-6-7-8-9-10-11-12-13-14-15-16-17-18(19)20/h6-7,9-10H,2-5,8,11-17H2,1H3,(H,19,20)/p-1. The summed E-state index contributed by atoms with van der Waals surface area (Å²) in [5.41, 5.74) is 0. The summed E-state index contributed by atoms with van der Waals surface area (Å²) >= 11 is 0. The summed E-state index contributed by atoms with van der Waals surface area (Å²) in [5.74, 6) is -0.921. The molecule has 0 saturated carbocycles.